The summed E-state index contributed by atoms with van der Waals surface area (Å²) in [5.74, 6) is 1.54. The van der Waals surface area contributed by atoms with Gasteiger partial charge >= 0.3 is 0 Å². The van der Waals surface area contributed by atoms with E-state index in [1.165, 1.54) is 12.1 Å². The van der Waals surface area contributed by atoms with E-state index in [1.54, 1.807) is 24.4 Å². The lowest BCUT2D eigenvalue weighted by atomic mass is 10.3. The van der Waals surface area contributed by atoms with Gasteiger partial charge < -0.3 is 13.9 Å². The number of benzene rings is 1. The van der Waals surface area contributed by atoms with Crippen molar-refractivity contribution in [3.8, 4) is 23.1 Å². The fourth-order valence-electron chi connectivity index (χ4n) is 2.37. The predicted molar refractivity (Wildman–Crippen MR) is 89.0 cm³/mol. The molecule has 0 amide bonds. The molecule has 3 aromatic rings. The van der Waals surface area contributed by atoms with Crippen LogP contribution in [0.1, 0.15) is 5.89 Å². The van der Waals surface area contributed by atoms with Gasteiger partial charge in [-0.1, -0.05) is 6.07 Å². The van der Waals surface area contributed by atoms with Crippen LogP contribution in [0.2, 0.25) is 0 Å². The zero-order chi connectivity index (χ0) is 18.0. The van der Waals surface area contributed by atoms with E-state index in [2.05, 4.69) is 19.9 Å². The minimum absolute atomic E-state index is 0.0853. The maximum absolute atomic E-state index is 12.4. The van der Waals surface area contributed by atoms with Gasteiger partial charge in [-0.2, -0.15) is 0 Å². The number of nitrogens with zero attached hydrogens (tertiary/aromatic N) is 3. The first-order valence-corrected chi connectivity index (χ1v) is 9.23. The van der Waals surface area contributed by atoms with Gasteiger partial charge in [0.15, 0.2) is 11.5 Å². The van der Waals surface area contributed by atoms with Gasteiger partial charge in [-0.15, -0.1) is 10.2 Å². The molecule has 26 heavy (non-hydrogen) atoms. The topological polar surface area (TPSA) is 116 Å². The highest BCUT2D eigenvalue weighted by atomic mass is 32.2. The summed E-state index contributed by atoms with van der Waals surface area (Å²) in [6, 6.07) is 9.79. The number of pyridine rings is 1. The molecule has 1 aromatic carbocycles. The Balaban J connectivity index is 1.39. The first kappa shape index (κ1) is 16.5. The molecule has 0 aliphatic carbocycles. The minimum atomic E-state index is -3.69. The van der Waals surface area contributed by atoms with Crippen LogP contribution >= 0.6 is 0 Å². The van der Waals surface area contributed by atoms with E-state index in [4.69, 9.17) is 13.9 Å². The summed E-state index contributed by atoms with van der Waals surface area (Å²) in [4.78, 5) is 4.22. The third kappa shape index (κ3) is 3.37. The molecule has 0 saturated heterocycles. The molecule has 0 fully saturated rings. The summed E-state index contributed by atoms with van der Waals surface area (Å²) in [6.45, 7) is 0.197. The molecule has 10 heteroatoms. The van der Waals surface area contributed by atoms with Crippen LogP contribution in [0.4, 0.5) is 0 Å². The van der Waals surface area contributed by atoms with Crippen molar-refractivity contribution in [3.63, 3.8) is 0 Å². The van der Waals surface area contributed by atoms with Gasteiger partial charge in [0.25, 0.3) is 5.89 Å². The van der Waals surface area contributed by atoms with Gasteiger partial charge in [0.2, 0.25) is 22.7 Å². The second-order valence-corrected chi connectivity index (χ2v) is 7.15. The molecule has 2 aromatic heterocycles. The lowest BCUT2D eigenvalue weighted by Crippen LogP contribution is -2.26. The molecule has 4 rings (SSSR count). The lowest BCUT2D eigenvalue weighted by Gasteiger charge is -2.06. The molecule has 1 N–H and O–H groups in total. The first-order valence-electron chi connectivity index (χ1n) is 7.75. The first-order chi connectivity index (χ1) is 12.6. The van der Waals surface area contributed by atoms with Crippen LogP contribution in [0.5, 0.6) is 11.5 Å². The highest BCUT2D eigenvalue weighted by molar-refractivity contribution is 7.89. The number of sulfonamides is 1. The fourth-order valence-corrected chi connectivity index (χ4v) is 3.41. The van der Waals surface area contributed by atoms with Crippen molar-refractivity contribution in [2.45, 2.75) is 11.3 Å². The Bertz CT molecular complexity index is 1020. The third-order valence-electron chi connectivity index (χ3n) is 3.64. The van der Waals surface area contributed by atoms with Crippen LogP contribution in [0, 0.1) is 0 Å². The standard InChI is InChI=1S/C16H14N4O5S/c21-26(22,11-4-5-13-14(9-11)24-10-23-13)18-8-6-15-19-20-16(25-15)12-3-1-2-7-17-12/h1-5,7,9,18H,6,8,10H2. The number of hydrogen-bond acceptors (Lipinski definition) is 8. The number of ether oxygens (including phenoxy) is 2. The molecule has 0 spiro atoms. The van der Waals surface area contributed by atoms with Crippen LogP contribution in [-0.4, -0.2) is 36.9 Å². The van der Waals surface area contributed by atoms with Gasteiger partial charge in [0, 0.05) is 25.2 Å². The van der Waals surface area contributed by atoms with E-state index in [-0.39, 0.29) is 24.7 Å². The monoisotopic (exact) mass is 374 g/mol. The Morgan fingerprint density at radius 2 is 1.96 bits per heavy atom. The van der Waals surface area contributed by atoms with E-state index in [0.717, 1.165) is 0 Å². The van der Waals surface area contributed by atoms with E-state index in [9.17, 15) is 8.42 Å². The number of rotatable bonds is 6. The quantitative estimate of drug-likeness (QED) is 0.688. The number of nitrogens with one attached hydrogen (secondary N) is 1. The highest BCUT2D eigenvalue weighted by Crippen LogP contribution is 2.33. The molecule has 0 saturated carbocycles. The molecular weight excluding hydrogens is 360 g/mol. The molecule has 9 nitrogen and oxygen atoms in total. The largest absolute Gasteiger partial charge is 0.454 e. The van der Waals surface area contributed by atoms with E-state index in [1.807, 2.05) is 6.07 Å². The maximum Gasteiger partial charge on any atom is 0.266 e. The number of hydrogen-bond donors (Lipinski definition) is 1. The molecule has 134 valence electrons. The summed E-state index contributed by atoms with van der Waals surface area (Å²) in [6.07, 6.45) is 1.88. The average Bonchev–Trinajstić information content (AvgIpc) is 3.31. The summed E-state index contributed by atoms with van der Waals surface area (Å²) in [5, 5.41) is 7.82. The van der Waals surface area contributed by atoms with Crippen LogP contribution in [0.25, 0.3) is 11.6 Å². The van der Waals surface area contributed by atoms with Gasteiger partial charge in [0.1, 0.15) is 5.69 Å². The molecule has 0 atom stereocenters. The van der Waals surface area contributed by atoms with Crippen molar-refractivity contribution < 1.29 is 22.3 Å². The van der Waals surface area contributed by atoms with Crippen molar-refractivity contribution in [2.75, 3.05) is 13.3 Å². The molecular formula is C16H14N4O5S. The average molecular weight is 374 g/mol. The second kappa shape index (κ2) is 6.73. The SMILES string of the molecule is O=S(=O)(NCCc1nnc(-c2ccccn2)o1)c1ccc2c(c1)OCO2. The van der Waals surface area contributed by atoms with Gasteiger partial charge in [-0.05, 0) is 24.3 Å². The highest BCUT2D eigenvalue weighted by Gasteiger charge is 2.20. The van der Waals surface area contributed by atoms with E-state index < -0.39 is 10.0 Å². The van der Waals surface area contributed by atoms with Crippen LogP contribution in [0.3, 0.4) is 0 Å². The van der Waals surface area contributed by atoms with Crippen molar-refractivity contribution in [1.82, 2.24) is 19.9 Å². The Labute approximate surface area is 149 Å². The molecule has 0 unspecified atom stereocenters. The van der Waals surface area contributed by atoms with Crippen molar-refractivity contribution in [1.29, 1.82) is 0 Å². The van der Waals surface area contributed by atoms with Crippen LogP contribution < -0.4 is 14.2 Å². The third-order valence-corrected chi connectivity index (χ3v) is 5.09. The lowest BCUT2D eigenvalue weighted by molar-refractivity contribution is 0.174. The van der Waals surface area contributed by atoms with Crippen molar-refractivity contribution >= 4 is 10.0 Å². The van der Waals surface area contributed by atoms with E-state index >= 15 is 0 Å². The van der Waals surface area contributed by atoms with Gasteiger partial charge in [-0.25, -0.2) is 13.1 Å². The number of aromatic nitrogens is 3. The number of fused-ring (bicyclic) bond motifs is 1. The minimum Gasteiger partial charge on any atom is -0.454 e. The van der Waals surface area contributed by atoms with Gasteiger partial charge in [-0.3, -0.25) is 4.98 Å². The molecule has 1 aliphatic heterocycles. The zero-order valence-corrected chi connectivity index (χ0v) is 14.3. The summed E-state index contributed by atoms with van der Waals surface area (Å²) < 4.78 is 43.1. The Kier molecular flexibility index (Phi) is 4.27. The molecule has 3 heterocycles. The predicted octanol–water partition coefficient (Wildman–Crippen LogP) is 1.38. The van der Waals surface area contributed by atoms with Crippen LogP contribution in [0.15, 0.2) is 51.9 Å². The summed E-state index contributed by atoms with van der Waals surface area (Å²) in [7, 11) is -3.69. The Morgan fingerprint density at radius 1 is 1.08 bits per heavy atom. The smallest absolute Gasteiger partial charge is 0.266 e. The van der Waals surface area contributed by atoms with Gasteiger partial charge in [0.05, 0.1) is 4.90 Å². The van der Waals surface area contributed by atoms with E-state index in [0.29, 0.717) is 29.0 Å². The van der Waals surface area contributed by atoms with Crippen LogP contribution in [-0.2, 0) is 16.4 Å². The fraction of sp³-hybridized carbons (Fsp3) is 0.188. The second-order valence-electron chi connectivity index (χ2n) is 5.38. The maximum atomic E-state index is 12.4. The summed E-state index contributed by atoms with van der Waals surface area (Å²) in [5.41, 5.74) is 0.562. The Hall–Kier alpha value is -2.98. The zero-order valence-electron chi connectivity index (χ0n) is 13.5. The molecule has 1 aliphatic rings. The summed E-state index contributed by atoms with van der Waals surface area (Å²) >= 11 is 0. The molecule has 0 radical (unpaired) electrons. The Morgan fingerprint density at radius 3 is 2.81 bits per heavy atom. The molecule has 0 bridgehead atoms. The van der Waals surface area contributed by atoms with Crippen molar-refractivity contribution in [3.05, 3.63) is 48.5 Å². The van der Waals surface area contributed by atoms with Crippen molar-refractivity contribution in [2.24, 2.45) is 0 Å². The normalized spacial score (nSPS) is 13.1.